The van der Waals surface area contributed by atoms with Gasteiger partial charge < -0.3 is 15.6 Å². The lowest BCUT2D eigenvalue weighted by molar-refractivity contribution is -0.385. The van der Waals surface area contributed by atoms with E-state index in [1.54, 1.807) is 0 Å². The number of anilines is 1. The minimum Gasteiger partial charge on any atom is -0.383 e. The van der Waals surface area contributed by atoms with Crippen molar-refractivity contribution < 1.29 is 14.2 Å². The number of carbonyl (C=O) groups excluding carboxylic acids is 1. The van der Waals surface area contributed by atoms with Gasteiger partial charge in [0.25, 0.3) is 11.6 Å². The van der Waals surface area contributed by atoms with Crippen LogP contribution in [0.2, 0.25) is 0 Å². The Hall–Kier alpha value is -3.04. The Kier molecular flexibility index (Phi) is 3.32. The van der Waals surface area contributed by atoms with E-state index in [1.807, 2.05) is 0 Å². The summed E-state index contributed by atoms with van der Waals surface area (Å²) in [5.41, 5.74) is 5.09. The van der Waals surface area contributed by atoms with E-state index < -0.39 is 10.8 Å². The molecular weight excluding hydrogens is 256 g/mol. The number of rotatable bonds is 4. The second-order valence-electron chi connectivity index (χ2n) is 3.41. The lowest BCUT2D eigenvalue weighted by atomic mass is 10.2. The van der Waals surface area contributed by atoms with E-state index in [9.17, 15) is 14.9 Å². The minimum atomic E-state index is -0.664. The van der Waals surface area contributed by atoms with Crippen molar-refractivity contribution in [2.75, 3.05) is 5.73 Å². The average Bonchev–Trinajstić information content (AvgIpc) is 2.89. The minimum absolute atomic E-state index is 0.0114. The number of nitrogens with zero attached hydrogens (tertiary/aromatic N) is 4. The number of nitrogens with two attached hydrogens (primary N) is 1. The fourth-order valence-corrected chi connectivity index (χ4v) is 1.27. The van der Waals surface area contributed by atoms with Gasteiger partial charge in [-0.3, -0.25) is 14.9 Å². The number of amides is 1. The number of pyridine rings is 1. The highest BCUT2D eigenvalue weighted by Crippen LogP contribution is 2.16. The van der Waals surface area contributed by atoms with Gasteiger partial charge in [0.2, 0.25) is 6.39 Å². The fourth-order valence-electron chi connectivity index (χ4n) is 1.27. The molecule has 0 bridgehead atoms. The number of nitro groups is 1. The molecule has 2 aromatic rings. The van der Waals surface area contributed by atoms with Crippen LogP contribution in [0.15, 0.2) is 23.2 Å². The molecule has 0 aromatic carbocycles. The number of aromatic nitrogens is 3. The van der Waals surface area contributed by atoms with Gasteiger partial charge in [-0.25, -0.2) is 4.98 Å². The van der Waals surface area contributed by atoms with Gasteiger partial charge >= 0.3 is 0 Å². The first-order valence-electron chi connectivity index (χ1n) is 5.01. The lowest BCUT2D eigenvalue weighted by Crippen LogP contribution is -2.24. The Bertz CT molecular complexity index is 611. The summed E-state index contributed by atoms with van der Waals surface area (Å²) in [6.45, 7) is 0.0114. The van der Waals surface area contributed by atoms with Crippen LogP contribution < -0.4 is 11.1 Å². The number of hydrogen-bond donors (Lipinski definition) is 2. The molecule has 98 valence electrons. The third-order valence-corrected chi connectivity index (χ3v) is 2.17. The summed E-state index contributed by atoms with van der Waals surface area (Å²) in [7, 11) is 0. The maximum atomic E-state index is 11.8. The Morgan fingerprint density at radius 3 is 2.95 bits per heavy atom. The van der Waals surface area contributed by atoms with Crippen molar-refractivity contribution in [1.82, 2.24) is 20.4 Å². The van der Waals surface area contributed by atoms with Crippen LogP contribution in [-0.4, -0.2) is 26.0 Å². The molecule has 19 heavy (non-hydrogen) atoms. The first kappa shape index (κ1) is 12.4. The van der Waals surface area contributed by atoms with Gasteiger partial charge in [0, 0.05) is 6.07 Å². The summed E-state index contributed by atoms with van der Waals surface area (Å²) in [4.78, 5) is 29.0. The Morgan fingerprint density at radius 2 is 2.32 bits per heavy atom. The summed E-state index contributed by atoms with van der Waals surface area (Å²) in [5, 5.41) is 16.5. The van der Waals surface area contributed by atoms with Crippen LogP contribution in [0.1, 0.15) is 16.2 Å². The predicted molar refractivity (Wildman–Crippen MR) is 60.8 cm³/mol. The molecule has 2 rings (SSSR count). The molecule has 3 N–H and O–H groups in total. The van der Waals surface area contributed by atoms with Gasteiger partial charge in [-0.05, 0) is 0 Å². The van der Waals surface area contributed by atoms with Crippen molar-refractivity contribution in [3.05, 3.63) is 40.2 Å². The molecule has 2 aromatic heterocycles. The summed E-state index contributed by atoms with van der Waals surface area (Å²) in [6.07, 6.45) is 2.09. The van der Waals surface area contributed by atoms with E-state index in [4.69, 9.17) is 5.73 Å². The average molecular weight is 264 g/mol. The van der Waals surface area contributed by atoms with E-state index >= 15 is 0 Å². The zero-order chi connectivity index (χ0) is 13.8. The molecule has 0 aliphatic heterocycles. The van der Waals surface area contributed by atoms with Crippen LogP contribution >= 0.6 is 0 Å². The van der Waals surface area contributed by atoms with Gasteiger partial charge in [0.1, 0.15) is 12.0 Å². The molecular formula is C9H8N6O4. The molecule has 0 radical (unpaired) electrons. The highest BCUT2D eigenvalue weighted by atomic mass is 16.6. The molecule has 10 nitrogen and oxygen atoms in total. The second kappa shape index (κ2) is 5.08. The van der Waals surface area contributed by atoms with Crippen molar-refractivity contribution in [3.8, 4) is 0 Å². The second-order valence-corrected chi connectivity index (χ2v) is 3.41. The number of nitrogens with one attached hydrogen (secondary N) is 1. The Morgan fingerprint density at radius 1 is 1.53 bits per heavy atom. The van der Waals surface area contributed by atoms with E-state index in [2.05, 4.69) is 25.0 Å². The van der Waals surface area contributed by atoms with Gasteiger partial charge in [0.05, 0.1) is 17.0 Å². The van der Waals surface area contributed by atoms with Crippen LogP contribution in [0.5, 0.6) is 0 Å². The van der Waals surface area contributed by atoms with Crippen LogP contribution in [0.25, 0.3) is 0 Å². The van der Waals surface area contributed by atoms with Crippen molar-refractivity contribution in [2.24, 2.45) is 0 Å². The molecule has 10 heteroatoms. The molecule has 0 atom stereocenters. The fraction of sp³-hybridized carbons (Fsp3) is 0.111. The van der Waals surface area contributed by atoms with E-state index in [0.717, 1.165) is 18.7 Å². The quantitative estimate of drug-likeness (QED) is 0.573. The van der Waals surface area contributed by atoms with E-state index in [-0.39, 0.29) is 29.4 Å². The normalized spacial score (nSPS) is 10.1. The molecule has 0 spiro atoms. The van der Waals surface area contributed by atoms with Gasteiger partial charge in [0.15, 0.2) is 5.82 Å². The number of carbonyl (C=O) groups is 1. The monoisotopic (exact) mass is 264 g/mol. The summed E-state index contributed by atoms with van der Waals surface area (Å²) in [5.74, 6) is -0.444. The molecule has 0 saturated carbocycles. The molecule has 0 unspecified atom stereocenters. The van der Waals surface area contributed by atoms with Crippen LogP contribution in [-0.2, 0) is 6.54 Å². The number of nitrogen functional groups attached to an aromatic ring is 1. The predicted octanol–water partition coefficient (Wildman–Crippen LogP) is -0.115. The number of hydrogen-bond acceptors (Lipinski definition) is 8. The van der Waals surface area contributed by atoms with Crippen molar-refractivity contribution in [2.45, 2.75) is 6.54 Å². The Labute approximate surface area is 105 Å². The third kappa shape index (κ3) is 2.80. The summed E-state index contributed by atoms with van der Waals surface area (Å²) < 4.78 is 4.49. The van der Waals surface area contributed by atoms with E-state index in [0.29, 0.717) is 0 Å². The van der Waals surface area contributed by atoms with Crippen molar-refractivity contribution in [3.63, 3.8) is 0 Å². The van der Waals surface area contributed by atoms with Gasteiger partial charge in [-0.2, -0.15) is 4.98 Å². The maximum Gasteiger partial charge on any atom is 0.288 e. The highest BCUT2D eigenvalue weighted by Gasteiger charge is 2.16. The molecule has 0 fully saturated rings. The maximum absolute atomic E-state index is 11.8. The van der Waals surface area contributed by atoms with Crippen LogP contribution in [0.3, 0.4) is 0 Å². The smallest absolute Gasteiger partial charge is 0.288 e. The Balaban J connectivity index is 2.14. The SMILES string of the molecule is Nc1ncc([N+](=O)[O-])cc1C(=O)NCc1ncon1. The zero-order valence-electron chi connectivity index (χ0n) is 9.44. The molecule has 0 aliphatic carbocycles. The van der Waals surface area contributed by atoms with Crippen molar-refractivity contribution >= 4 is 17.4 Å². The van der Waals surface area contributed by atoms with Crippen LogP contribution in [0.4, 0.5) is 11.5 Å². The van der Waals surface area contributed by atoms with Gasteiger partial charge in [-0.15, -0.1) is 0 Å². The standard InChI is InChI=1S/C9H8N6O4/c10-8-6(1-5(2-11-8)15(17)18)9(16)12-3-7-13-4-19-14-7/h1-2,4H,3H2,(H2,10,11)(H,12,16). The van der Waals surface area contributed by atoms with Crippen LogP contribution in [0, 0.1) is 10.1 Å². The van der Waals surface area contributed by atoms with Gasteiger partial charge in [-0.1, -0.05) is 5.16 Å². The molecule has 0 saturated heterocycles. The summed E-state index contributed by atoms with van der Waals surface area (Å²) >= 11 is 0. The van der Waals surface area contributed by atoms with Crippen molar-refractivity contribution in [1.29, 1.82) is 0 Å². The summed E-state index contributed by atoms with van der Waals surface area (Å²) in [6, 6.07) is 1.05. The first-order chi connectivity index (χ1) is 9.08. The molecule has 1 amide bonds. The first-order valence-corrected chi connectivity index (χ1v) is 5.01. The van der Waals surface area contributed by atoms with E-state index in [1.165, 1.54) is 0 Å². The largest absolute Gasteiger partial charge is 0.383 e. The zero-order valence-corrected chi connectivity index (χ0v) is 9.44. The topological polar surface area (TPSA) is 150 Å². The molecule has 2 heterocycles. The lowest BCUT2D eigenvalue weighted by Gasteiger charge is -2.04. The molecule has 0 aliphatic rings. The highest BCUT2D eigenvalue weighted by molar-refractivity contribution is 5.98. The third-order valence-electron chi connectivity index (χ3n) is 2.17.